The van der Waals surface area contributed by atoms with Crippen LogP contribution in [-0.4, -0.2) is 24.0 Å². The topological polar surface area (TPSA) is 45.5 Å². The van der Waals surface area contributed by atoms with Gasteiger partial charge in [-0.2, -0.15) is 5.10 Å². The SMILES string of the molecule is COc1ccc(COc2cc(-c3c(C)nn(-c4ccccc4)c3-c3ccccc3)ccc2OC)cc1. The van der Waals surface area contributed by atoms with E-state index in [4.69, 9.17) is 19.3 Å². The van der Waals surface area contributed by atoms with Crippen molar-refractivity contribution in [3.05, 3.63) is 114 Å². The van der Waals surface area contributed by atoms with Gasteiger partial charge in [0.15, 0.2) is 11.5 Å². The maximum atomic E-state index is 6.23. The maximum Gasteiger partial charge on any atom is 0.162 e. The van der Waals surface area contributed by atoms with E-state index in [2.05, 4.69) is 30.3 Å². The molecule has 5 nitrogen and oxygen atoms in total. The van der Waals surface area contributed by atoms with Gasteiger partial charge in [0.2, 0.25) is 0 Å². The van der Waals surface area contributed by atoms with Crippen LogP contribution in [0.5, 0.6) is 17.2 Å². The summed E-state index contributed by atoms with van der Waals surface area (Å²) in [5.41, 5.74) is 7.18. The molecule has 180 valence electrons. The van der Waals surface area contributed by atoms with Gasteiger partial charge in [-0.3, -0.25) is 0 Å². The largest absolute Gasteiger partial charge is 0.497 e. The van der Waals surface area contributed by atoms with Crippen LogP contribution in [0.2, 0.25) is 0 Å². The van der Waals surface area contributed by atoms with Crippen molar-refractivity contribution in [3.8, 4) is 45.3 Å². The summed E-state index contributed by atoms with van der Waals surface area (Å²) in [4.78, 5) is 0. The molecule has 0 unspecified atom stereocenters. The van der Waals surface area contributed by atoms with E-state index >= 15 is 0 Å². The molecule has 1 heterocycles. The fourth-order valence-corrected chi connectivity index (χ4v) is 4.32. The average Bonchev–Trinajstić information content (AvgIpc) is 3.30. The molecule has 0 fully saturated rings. The molecule has 4 aromatic carbocycles. The molecular formula is C31H28N2O3. The Morgan fingerprint density at radius 1 is 0.694 bits per heavy atom. The third-order valence-electron chi connectivity index (χ3n) is 6.11. The minimum atomic E-state index is 0.414. The van der Waals surface area contributed by atoms with Gasteiger partial charge >= 0.3 is 0 Å². The van der Waals surface area contributed by atoms with E-state index in [0.29, 0.717) is 18.1 Å². The van der Waals surface area contributed by atoms with Crippen molar-refractivity contribution in [2.24, 2.45) is 0 Å². The minimum Gasteiger partial charge on any atom is -0.497 e. The second-order valence-corrected chi connectivity index (χ2v) is 8.42. The first-order valence-electron chi connectivity index (χ1n) is 11.8. The molecule has 0 aliphatic rings. The highest BCUT2D eigenvalue weighted by molar-refractivity contribution is 5.85. The zero-order valence-electron chi connectivity index (χ0n) is 20.6. The molecule has 0 N–H and O–H groups in total. The minimum absolute atomic E-state index is 0.414. The van der Waals surface area contributed by atoms with Crippen LogP contribution in [-0.2, 0) is 6.61 Å². The molecular weight excluding hydrogens is 448 g/mol. The molecule has 36 heavy (non-hydrogen) atoms. The fraction of sp³-hybridized carbons (Fsp3) is 0.129. The Morgan fingerprint density at radius 2 is 1.39 bits per heavy atom. The summed E-state index contributed by atoms with van der Waals surface area (Å²) < 4.78 is 19.1. The molecule has 5 aromatic rings. The third-order valence-corrected chi connectivity index (χ3v) is 6.11. The van der Waals surface area contributed by atoms with Crippen molar-refractivity contribution in [3.63, 3.8) is 0 Å². The van der Waals surface area contributed by atoms with E-state index in [-0.39, 0.29) is 0 Å². The number of aromatic nitrogens is 2. The van der Waals surface area contributed by atoms with E-state index in [9.17, 15) is 0 Å². The first-order chi connectivity index (χ1) is 17.7. The van der Waals surface area contributed by atoms with Crippen LogP contribution in [0.4, 0.5) is 0 Å². The quantitative estimate of drug-likeness (QED) is 0.239. The van der Waals surface area contributed by atoms with Gasteiger partial charge in [0.1, 0.15) is 12.4 Å². The molecule has 0 bridgehead atoms. The van der Waals surface area contributed by atoms with Crippen LogP contribution < -0.4 is 14.2 Å². The molecule has 1 aromatic heterocycles. The zero-order valence-corrected chi connectivity index (χ0v) is 20.6. The lowest BCUT2D eigenvalue weighted by Gasteiger charge is -2.14. The normalized spacial score (nSPS) is 10.8. The lowest BCUT2D eigenvalue weighted by Crippen LogP contribution is -2.00. The number of rotatable bonds is 8. The summed E-state index contributed by atoms with van der Waals surface area (Å²) >= 11 is 0. The number of hydrogen-bond acceptors (Lipinski definition) is 4. The number of nitrogens with zero attached hydrogens (tertiary/aromatic N) is 2. The van der Waals surface area contributed by atoms with Gasteiger partial charge < -0.3 is 14.2 Å². The van der Waals surface area contributed by atoms with E-state index < -0.39 is 0 Å². The predicted molar refractivity (Wildman–Crippen MR) is 143 cm³/mol. The molecule has 0 radical (unpaired) electrons. The Balaban J connectivity index is 1.58. The summed E-state index contributed by atoms with van der Waals surface area (Å²) in [6.45, 7) is 2.46. The summed E-state index contributed by atoms with van der Waals surface area (Å²) in [5.74, 6) is 2.18. The summed E-state index contributed by atoms with van der Waals surface area (Å²) in [7, 11) is 3.32. The molecule has 0 saturated heterocycles. The van der Waals surface area contributed by atoms with Crippen LogP contribution in [0.1, 0.15) is 11.3 Å². The van der Waals surface area contributed by atoms with E-state index in [0.717, 1.165) is 45.1 Å². The Labute approximate surface area is 211 Å². The number of benzene rings is 4. The molecule has 5 rings (SSSR count). The van der Waals surface area contributed by atoms with Crippen molar-refractivity contribution in [2.45, 2.75) is 13.5 Å². The molecule has 0 aliphatic carbocycles. The van der Waals surface area contributed by atoms with Gasteiger partial charge in [-0.25, -0.2) is 4.68 Å². The van der Waals surface area contributed by atoms with Gasteiger partial charge in [0.25, 0.3) is 0 Å². The lowest BCUT2D eigenvalue weighted by atomic mass is 9.98. The van der Waals surface area contributed by atoms with Gasteiger partial charge in [0.05, 0.1) is 31.3 Å². The van der Waals surface area contributed by atoms with E-state index in [1.807, 2.05) is 84.4 Å². The van der Waals surface area contributed by atoms with Gasteiger partial charge in [-0.1, -0.05) is 66.7 Å². The number of para-hydroxylation sites is 1. The molecule has 0 atom stereocenters. The Bertz CT molecular complexity index is 1440. The number of ether oxygens (including phenoxy) is 3. The van der Waals surface area contributed by atoms with Crippen molar-refractivity contribution in [1.29, 1.82) is 0 Å². The molecule has 0 spiro atoms. The second kappa shape index (κ2) is 10.4. The highest BCUT2D eigenvalue weighted by Gasteiger charge is 2.21. The smallest absolute Gasteiger partial charge is 0.162 e. The Kier molecular flexibility index (Phi) is 6.72. The Hall–Kier alpha value is -4.51. The highest BCUT2D eigenvalue weighted by atomic mass is 16.5. The zero-order chi connectivity index (χ0) is 24.9. The van der Waals surface area contributed by atoms with Crippen LogP contribution >= 0.6 is 0 Å². The summed E-state index contributed by atoms with van der Waals surface area (Å²) in [6.07, 6.45) is 0. The van der Waals surface area contributed by atoms with Crippen LogP contribution in [0.3, 0.4) is 0 Å². The molecule has 0 saturated carbocycles. The van der Waals surface area contributed by atoms with Gasteiger partial charge in [-0.05, 0) is 54.4 Å². The molecule has 0 aliphatic heterocycles. The third kappa shape index (κ3) is 4.68. The van der Waals surface area contributed by atoms with Crippen molar-refractivity contribution < 1.29 is 14.2 Å². The standard InChI is InChI=1S/C31H28N2O3/c1-22-30(31(24-10-6-4-7-11-24)33(32-22)26-12-8-5-9-13-26)25-16-19-28(35-3)29(20-25)36-21-23-14-17-27(34-2)18-15-23/h4-20H,21H2,1-3H3. The number of hydrogen-bond donors (Lipinski definition) is 0. The summed E-state index contributed by atoms with van der Waals surface area (Å²) in [5, 5.41) is 4.95. The van der Waals surface area contributed by atoms with Gasteiger partial charge in [0, 0.05) is 11.1 Å². The fourth-order valence-electron chi connectivity index (χ4n) is 4.32. The monoisotopic (exact) mass is 476 g/mol. The summed E-state index contributed by atoms with van der Waals surface area (Å²) in [6, 6.07) is 34.5. The predicted octanol–water partition coefficient (Wildman–Crippen LogP) is 7.11. The first kappa shape index (κ1) is 23.2. The van der Waals surface area contributed by atoms with Gasteiger partial charge in [-0.15, -0.1) is 0 Å². The highest BCUT2D eigenvalue weighted by Crippen LogP contribution is 2.40. The van der Waals surface area contributed by atoms with E-state index in [1.165, 1.54) is 0 Å². The first-order valence-corrected chi connectivity index (χ1v) is 11.8. The van der Waals surface area contributed by atoms with E-state index in [1.54, 1.807) is 14.2 Å². The van der Waals surface area contributed by atoms with Crippen LogP contribution in [0.15, 0.2) is 103 Å². The Morgan fingerprint density at radius 3 is 2.06 bits per heavy atom. The van der Waals surface area contributed by atoms with Crippen molar-refractivity contribution in [1.82, 2.24) is 9.78 Å². The van der Waals surface area contributed by atoms with Crippen LogP contribution in [0.25, 0.3) is 28.1 Å². The average molecular weight is 477 g/mol. The second-order valence-electron chi connectivity index (χ2n) is 8.42. The number of methoxy groups -OCH3 is 2. The van der Waals surface area contributed by atoms with Crippen molar-refractivity contribution >= 4 is 0 Å². The van der Waals surface area contributed by atoms with Crippen LogP contribution in [0, 0.1) is 6.92 Å². The maximum absolute atomic E-state index is 6.23. The number of aryl methyl sites for hydroxylation is 1. The molecule has 0 amide bonds. The molecule has 5 heteroatoms. The lowest BCUT2D eigenvalue weighted by molar-refractivity contribution is 0.284. The van der Waals surface area contributed by atoms with Crippen molar-refractivity contribution in [2.75, 3.05) is 14.2 Å².